The molecule has 0 unspecified atom stereocenters. The number of hydrogen-bond acceptors (Lipinski definition) is 2. The SMILES string of the molecule is C=CC(=O)N(C)CCC.CNC. The van der Waals surface area contributed by atoms with Gasteiger partial charge in [0.15, 0.2) is 0 Å². The van der Waals surface area contributed by atoms with Crippen LogP contribution in [-0.2, 0) is 4.79 Å². The Labute approximate surface area is 75.4 Å². The van der Waals surface area contributed by atoms with Gasteiger partial charge >= 0.3 is 0 Å². The summed E-state index contributed by atoms with van der Waals surface area (Å²) >= 11 is 0. The summed E-state index contributed by atoms with van der Waals surface area (Å²) in [6, 6.07) is 0. The predicted molar refractivity (Wildman–Crippen MR) is 53.1 cm³/mol. The number of carbonyl (C=O) groups is 1. The number of carbonyl (C=O) groups excluding carboxylic acids is 1. The summed E-state index contributed by atoms with van der Waals surface area (Å²) in [4.78, 5) is 12.4. The average Bonchev–Trinajstić information content (AvgIpc) is 2.05. The zero-order valence-corrected chi connectivity index (χ0v) is 8.55. The van der Waals surface area contributed by atoms with Crippen LogP contribution in [0.1, 0.15) is 13.3 Å². The summed E-state index contributed by atoms with van der Waals surface area (Å²) in [5.74, 6) is -0.00292. The van der Waals surface area contributed by atoms with Crippen molar-refractivity contribution in [3.05, 3.63) is 12.7 Å². The number of nitrogens with zero attached hydrogens (tertiary/aromatic N) is 1. The Bertz CT molecular complexity index is 124. The predicted octanol–water partition coefficient (Wildman–Crippen LogP) is 0.876. The van der Waals surface area contributed by atoms with Crippen molar-refractivity contribution >= 4 is 5.91 Å². The van der Waals surface area contributed by atoms with Crippen molar-refractivity contribution in [1.82, 2.24) is 10.2 Å². The van der Waals surface area contributed by atoms with E-state index in [1.165, 1.54) is 6.08 Å². The first kappa shape index (κ1) is 13.7. The zero-order chi connectivity index (χ0) is 9.98. The zero-order valence-electron chi connectivity index (χ0n) is 8.55. The molecule has 0 heterocycles. The van der Waals surface area contributed by atoms with Crippen LogP contribution in [0, 0.1) is 0 Å². The lowest BCUT2D eigenvalue weighted by molar-refractivity contribution is -0.124. The number of likely N-dealkylation sites (N-methyl/N-ethyl adjacent to an activating group) is 1. The summed E-state index contributed by atoms with van der Waals surface area (Å²) < 4.78 is 0. The number of hydrogen-bond donors (Lipinski definition) is 1. The fourth-order valence-electron chi connectivity index (χ4n) is 0.601. The molecule has 0 saturated heterocycles. The van der Waals surface area contributed by atoms with E-state index in [1.54, 1.807) is 11.9 Å². The van der Waals surface area contributed by atoms with Gasteiger partial charge in [-0.3, -0.25) is 4.79 Å². The van der Waals surface area contributed by atoms with Crippen LogP contribution in [0.15, 0.2) is 12.7 Å². The molecular weight excluding hydrogens is 152 g/mol. The Hall–Kier alpha value is -0.830. The van der Waals surface area contributed by atoms with E-state index in [0.717, 1.165) is 13.0 Å². The van der Waals surface area contributed by atoms with E-state index < -0.39 is 0 Å². The molecule has 0 radical (unpaired) electrons. The lowest BCUT2D eigenvalue weighted by atomic mass is 10.4. The molecule has 0 saturated carbocycles. The molecule has 0 spiro atoms. The molecule has 0 aliphatic rings. The van der Waals surface area contributed by atoms with E-state index in [4.69, 9.17) is 0 Å². The van der Waals surface area contributed by atoms with Crippen LogP contribution in [0.4, 0.5) is 0 Å². The first-order chi connectivity index (χ1) is 5.63. The first-order valence-corrected chi connectivity index (χ1v) is 4.10. The van der Waals surface area contributed by atoms with Gasteiger partial charge in [-0.05, 0) is 26.6 Å². The topological polar surface area (TPSA) is 32.3 Å². The molecule has 72 valence electrons. The summed E-state index contributed by atoms with van der Waals surface area (Å²) in [6.07, 6.45) is 2.33. The molecule has 0 aliphatic carbocycles. The van der Waals surface area contributed by atoms with E-state index in [1.807, 2.05) is 21.0 Å². The van der Waals surface area contributed by atoms with Crippen molar-refractivity contribution in [2.75, 3.05) is 27.7 Å². The molecule has 3 nitrogen and oxygen atoms in total. The van der Waals surface area contributed by atoms with Gasteiger partial charge in [0.05, 0.1) is 0 Å². The quantitative estimate of drug-likeness (QED) is 0.641. The molecule has 0 aliphatic heterocycles. The highest BCUT2D eigenvalue weighted by Gasteiger charge is 1.99. The van der Waals surface area contributed by atoms with E-state index in [9.17, 15) is 4.79 Å². The Kier molecular flexibility index (Phi) is 11.6. The largest absolute Gasteiger partial charge is 0.342 e. The molecule has 12 heavy (non-hydrogen) atoms. The summed E-state index contributed by atoms with van der Waals surface area (Å²) in [5.41, 5.74) is 0. The molecule has 1 amide bonds. The van der Waals surface area contributed by atoms with Crippen LogP contribution in [-0.4, -0.2) is 38.5 Å². The van der Waals surface area contributed by atoms with Gasteiger partial charge in [-0.15, -0.1) is 0 Å². The van der Waals surface area contributed by atoms with Gasteiger partial charge < -0.3 is 10.2 Å². The van der Waals surface area contributed by atoms with Crippen molar-refractivity contribution < 1.29 is 4.79 Å². The molecule has 0 rings (SSSR count). The Balaban J connectivity index is 0. The standard InChI is InChI=1S/C7H13NO.C2H7N/c1-4-6-8(3)7(9)5-2;1-3-2/h5H,2,4,6H2,1,3H3;3H,1-2H3. The van der Waals surface area contributed by atoms with Crippen molar-refractivity contribution in [3.63, 3.8) is 0 Å². The monoisotopic (exact) mass is 172 g/mol. The normalized spacial score (nSPS) is 8.00. The summed E-state index contributed by atoms with van der Waals surface area (Å²) in [7, 11) is 5.52. The average molecular weight is 172 g/mol. The fraction of sp³-hybridized carbons (Fsp3) is 0.667. The second-order valence-corrected chi connectivity index (χ2v) is 2.46. The minimum atomic E-state index is -0.00292. The van der Waals surface area contributed by atoms with E-state index >= 15 is 0 Å². The number of amides is 1. The molecule has 0 aromatic carbocycles. The van der Waals surface area contributed by atoms with E-state index in [0.29, 0.717) is 0 Å². The highest BCUT2D eigenvalue weighted by Crippen LogP contribution is 1.86. The molecule has 1 N–H and O–H groups in total. The second-order valence-electron chi connectivity index (χ2n) is 2.46. The van der Waals surface area contributed by atoms with Crippen molar-refractivity contribution in [3.8, 4) is 0 Å². The Morgan fingerprint density at radius 2 is 2.00 bits per heavy atom. The number of nitrogens with one attached hydrogen (secondary N) is 1. The molecule has 0 bridgehead atoms. The molecule has 0 fully saturated rings. The van der Waals surface area contributed by atoms with Crippen LogP contribution < -0.4 is 5.32 Å². The molecule has 0 atom stereocenters. The van der Waals surface area contributed by atoms with Crippen LogP contribution >= 0.6 is 0 Å². The number of rotatable bonds is 3. The lowest BCUT2D eigenvalue weighted by Gasteiger charge is -2.12. The minimum absolute atomic E-state index is 0.00292. The van der Waals surface area contributed by atoms with Gasteiger partial charge in [0.25, 0.3) is 0 Å². The molecule has 0 aromatic rings. The summed E-state index contributed by atoms with van der Waals surface area (Å²) in [6.45, 7) is 6.22. The van der Waals surface area contributed by atoms with Gasteiger partial charge in [-0.1, -0.05) is 13.5 Å². The van der Waals surface area contributed by atoms with Crippen LogP contribution in [0.2, 0.25) is 0 Å². The summed E-state index contributed by atoms with van der Waals surface area (Å²) in [5, 5.41) is 2.75. The van der Waals surface area contributed by atoms with E-state index in [-0.39, 0.29) is 5.91 Å². The fourth-order valence-corrected chi connectivity index (χ4v) is 0.601. The van der Waals surface area contributed by atoms with Gasteiger partial charge in [0, 0.05) is 13.6 Å². The lowest BCUT2D eigenvalue weighted by Crippen LogP contribution is -2.24. The van der Waals surface area contributed by atoms with E-state index in [2.05, 4.69) is 11.9 Å². The van der Waals surface area contributed by atoms with Crippen LogP contribution in [0.5, 0.6) is 0 Å². The maximum atomic E-state index is 10.7. The third-order valence-corrected chi connectivity index (χ3v) is 1.11. The Morgan fingerprint density at radius 1 is 1.58 bits per heavy atom. The molecule has 0 aromatic heterocycles. The Morgan fingerprint density at radius 3 is 2.25 bits per heavy atom. The van der Waals surface area contributed by atoms with Gasteiger partial charge in [0.1, 0.15) is 0 Å². The van der Waals surface area contributed by atoms with Gasteiger partial charge in [0.2, 0.25) is 5.91 Å². The third-order valence-electron chi connectivity index (χ3n) is 1.11. The highest BCUT2D eigenvalue weighted by atomic mass is 16.2. The van der Waals surface area contributed by atoms with Crippen molar-refractivity contribution in [2.45, 2.75) is 13.3 Å². The van der Waals surface area contributed by atoms with Crippen molar-refractivity contribution in [1.29, 1.82) is 0 Å². The second kappa shape index (κ2) is 10.2. The van der Waals surface area contributed by atoms with Crippen molar-refractivity contribution in [2.24, 2.45) is 0 Å². The maximum Gasteiger partial charge on any atom is 0.245 e. The maximum absolute atomic E-state index is 10.7. The van der Waals surface area contributed by atoms with Gasteiger partial charge in [-0.2, -0.15) is 0 Å². The van der Waals surface area contributed by atoms with Gasteiger partial charge in [-0.25, -0.2) is 0 Å². The third kappa shape index (κ3) is 9.17. The molecular formula is C9H20N2O. The first-order valence-electron chi connectivity index (χ1n) is 4.10. The minimum Gasteiger partial charge on any atom is -0.342 e. The highest BCUT2D eigenvalue weighted by molar-refractivity contribution is 5.86. The van der Waals surface area contributed by atoms with Crippen LogP contribution in [0.25, 0.3) is 0 Å². The smallest absolute Gasteiger partial charge is 0.245 e. The van der Waals surface area contributed by atoms with Crippen LogP contribution in [0.3, 0.4) is 0 Å². The molecule has 3 heteroatoms.